The molecule has 10 N–H and O–H groups in total. The molecule has 0 aliphatic carbocycles. The van der Waals surface area contributed by atoms with Gasteiger partial charge >= 0.3 is 15.6 Å². The van der Waals surface area contributed by atoms with Gasteiger partial charge in [0.2, 0.25) is 0 Å². The summed E-state index contributed by atoms with van der Waals surface area (Å²) in [4.78, 5) is 31.6. The lowest BCUT2D eigenvalue weighted by atomic mass is 9.96. The van der Waals surface area contributed by atoms with Crippen molar-refractivity contribution in [2.75, 3.05) is 26.1 Å². The molecule has 20 nitrogen and oxygen atoms in total. The highest BCUT2D eigenvalue weighted by Gasteiger charge is 2.50. The number of halogens is 1. The number of phosphoric ester groups is 2. The van der Waals surface area contributed by atoms with Crippen LogP contribution >= 0.6 is 15.6 Å². The standard InChI is InChI=1S/C19H32FN5O15P2/c1-7(9(20)11(28)18(36-2)25-6-24-10-16(21)22-5-23-17(10)25)4-37-41(32,33)40-42(34,35)39-19-14(31)12(29)13(30)15(38-19)8(27)3-26/h5-9,11-15,18-19,26-31H,3-4H2,1-2H3,(H,32,33)(H,34,35)(H2,21,22,23)/t7?,8-,9?,11?,12?,13?,14?,15?,18?,19?/m1/s1. The third-order valence-corrected chi connectivity index (χ3v) is 8.78. The number of imidazole rings is 1. The van der Waals surface area contributed by atoms with Crippen LogP contribution in [0.15, 0.2) is 12.7 Å². The topological polar surface area (TPSA) is 312 Å². The number of hydrogen-bond donors (Lipinski definition) is 9. The van der Waals surface area contributed by atoms with Gasteiger partial charge in [-0.1, -0.05) is 6.92 Å². The highest BCUT2D eigenvalue weighted by atomic mass is 31.3. The minimum absolute atomic E-state index is 0.0198. The number of hydrogen-bond acceptors (Lipinski definition) is 17. The molecule has 0 saturated carbocycles. The minimum atomic E-state index is -5.67. The highest BCUT2D eigenvalue weighted by molar-refractivity contribution is 7.61. The molecule has 42 heavy (non-hydrogen) atoms. The third-order valence-electron chi connectivity index (χ3n) is 6.18. The van der Waals surface area contributed by atoms with E-state index < -0.39 is 90.1 Å². The average Bonchev–Trinajstić information content (AvgIpc) is 3.36. The number of aromatic nitrogens is 4. The summed E-state index contributed by atoms with van der Waals surface area (Å²) in [5, 5.41) is 59.2. The van der Waals surface area contributed by atoms with Gasteiger partial charge in [-0.15, -0.1) is 0 Å². The van der Waals surface area contributed by atoms with Crippen LogP contribution in [0.4, 0.5) is 10.2 Å². The Morgan fingerprint density at radius 1 is 1.12 bits per heavy atom. The van der Waals surface area contributed by atoms with Crippen molar-refractivity contribution in [3.05, 3.63) is 12.7 Å². The second-order valence-corrected chi connectivity index (χ2v) is 12.2. The molecule has 1 fully saturated rings. The second kappa shape index (κ2) is 13.9. The van der Waals surface area contributed by atoms with Crippen molar-refractivity contribution in [3.8, 4) is 0 Å². The zero-order valence-corrected chi connectivity index (χ0v) is 23.7. The van der Waals surface area contributed by atoms with Gasteiger partial charge in [0.05, 0.1) is 19.5 Å². The predicted octanol–water partition coefficient (Wildman–Crippen LogP) is -2.70. The molecule has 0 spiro atoms. The average molecular weight is 651 g/mol. The summed E-state index contributed by atoms with van der Waals surface area (Å²) in [6.45, 7) is -0.784. The van der Waals surface area contributed by atoms with E-state index in [1.54, 1.807) is 0 Å². The minimum Gasteiger partial charge on any atom is -0.394 e. The Labute approximate surface area is 236 Å². The van der Waals surface area contributed by atoms with Crippen LogP contribution in [-0.4, -0.2) is 129 Å². The van der Waals surface area contributed by atoms with Crippen molar-refractivity contribution in [2.45, 2.75) is 62.2 Å². The second-order valence-electron chi connectivity index (χ2n) is 9.23. The normalized spacial score (nSPS) is 29.7. The maximum Gasteiger partial charge on any atom is 0.483 e. The SMILES string of the molecule is COC(C(O)C(F)C(C)COP(=O)(O)OP(=O)(O)OC1OC([C@H](O)CO)C(O)C(O)C1O)n1cnc2c(N)ncnc21. The molecule has 240 valence electrons. The molecule has 1 aliphatic rings. The monoisotopic (exact) mass is 651 g/mol. The van der Waals surface area contributed by atoms with Crippen LogP contribution in [0, 0.1) is 5.92 Å². The van der Waals surface area contributed by atoms with Gasteiger partial charge in [0.1, 0.15) is 54.6 Å². The number of rotatable bonds is 14. The fourth-order valence-corrected chi connectivity index (χ4v) is 6.20. The summed E-state index contributed by atoms with van der Waals surface area (Å²) in [6.07, 6.45) is -15.5. The van der Waals surface area contributed by atoms with Gasteiger partial charge in [0.15, 0.2) is 24.0 Å². The molecule has 3 heterocycles. The number of fused-ring (bicyclic) bond motifs is 1. The molecular formula is C19H32FN5O15P2. The van der Waals surface area contributed by atoms with Crippen LogP contribution in [0.25, 0.3) is 11.2 Å². The van der Waals surface area contributed by atoms with Crippen molar-refractivity contribution < 1.29 is 76.8 Å². The van der Waals surface area contributed by atoms with E-state index in [0.29, 0.717) is 0 Å². The van der Waals surface area contributed by atoms with Crippen LogP contribution < -0.4 is 5.73 Å². The molecule has 1 saturated heterocycles. The smallest absolute Gasteiger partial charge is 0.394 e. The molecular weight excluding hydrogens is 619 g/mol. The number of aliphatic hydroxyl groups is 6. The van der Waals surface area contributed by atoms with Crippen molar-refractivity contribution in [1.29, 1.82) is 0 Å². The largest absolute Gasteiger partial charge is 0.483 e. The fraction of sp³-hybridized carbons (Fsp3) is 0.737. The number of ether oxygens (including phenoxy) is 2. The van der Waals surface area contributed by atoms with Crippen molar-refractivity contribution >= 4 is 32.6 Å². The summed E-state index contributed by atoms with van der Waals surface area (Å²) in [5.41, 5.74) is 6.00. The van der Waals surface area contributed by atoms with Gasteiger partial charge in [0.25, 0.3) is 0 Å². The van der Waals surface area contributed by atoms with E-state index in [-0.39, 0.29) is 17.0 Å². The van der Waals surface area contributed by atoms with Crippen molar-refractivity contribution in [1.82, 2.24) is 19.5 Å². The number of nitrogens with two attached hydrogens (primary N) is 1. The molecule has 0 amide bonds. The Hall–Kier alpha value is -1.78. The van der Waals surface area contributed by atoms with Gasteiger partial charge in [-0.25, -0.2) is 28.5 Å². The molecule has 1 aliphatic heterocycles. The summed E-state index contributed by atoms with van der Waals surface area (Å²) in [6, 6.07) is 0. The van der Waals surface area contributed by atoms with Crippen LogP contribution in [0.3, 0.4) is 0 Å². The summed E-state index contributed by atoms with van der Waals surface area (Å²) >= 11 is 0. The van der Waals surface area contributed by atoms with E-state index in [9.17, 15) is 44.4 Å². The van der Waals surface area contributed by atoms with Crippen molar-refractivity contribution in [3.63, 3.8) is 0 Å². The highest BCUT2D eigenvalue weighted by Crippen LogP contribution is 2.61. The summed E-state index contributed by atoms with van der Waals surface area (Å²) in [7, 11) is -10.0. The molecule has 0 aromatic carbocycles. The maximum absolute atomic E-state index is 15.2. The van der Waals surface area contributed by atoms with Crippen LogP contribution in [0.1, 0.15) is 13.2 Å². The van der Waals surface area contributed by atoms with Gasteiger partial charge in [-0.05, 0) is 0 Å². The quantitative estimate of drug-likeness (QED) is 0.0938. The maximum atomic E-state index is 15.2. The Kier molecular flexibility index (Phi) is 11.5. The first-order valence-corrected chi connectivity index (χ1v) is 15.0. The Morgan fingerprint density at radius 2 is 1.79 bits per heavy atom. The van der Waals surface area contributed by atoms with Crippen LogP contribution in [0.2, 0.25) is 0 Å². The number of phosphoric acid groups is 2. The van der Waals surface area contributed by atoms with Crippen LogP contribution in [-0.2, 0) is 32.0 Å². The van der Waals surface area contributed by atoms with Crippen molar-refractivity contribution in [2.24, 2.45) is 5.92 Å². The summed E-state index contributed by atoms with van der Waals surface area (Å²) < 4.78 is 64.3. The number of anilines is 1. The van der Waals surface area contributed by atoms with E-state index in [0.717, 1.165) is 20.4 Å². The summed E-state index contributed by atoms with van der Waals surface area (Å²) in [5.74, 6) is -1.34. The van der Waals surface area contributed by atoms with Gasteiger partial charge < -0.3 is 55.6 Å². The first kappa shape index (κ1) is 34.7. The lowest BCUT2D eigenvalue weighted by Gasteiger charge is -2.41. The number of nitrogen functional groups attached to an aromatic ring is 1. The molecule has 3 rings (SSSR count). The Morgan fingerprint density at radius 3 is 2.40 bits per heavy atom. The first-order valence-electron chi connectivity index (χ1n) is 12.0. The zero-order valence-electron chi connectivity index (χ0n) is 21.9. The third kappa shape index (κ3) is 7.83. The van der Waals surface area contributed by atoms with E-state index >= 15 is 4.39 Å². The Bertz CT molecular complexity index is 1290. The van der Waals surface area contributed by atoms with Gasteiger partial charge in [-0.2, -0.15) is 4.31 Å². The number of alkyl halides is 1. The van der Waals surface area contributed by atoms with E-state index in [1.165, 1.54) is 10.9 Å². The Balaban J connectivity index is 1.62. The molecule has 2 aromatic heterocycles. The fourth-order valence-electron chi connectivity index (χ4n) is 3.96. The number of nitrogens with zero attached hydrogens (tertiary/aromatic N) is 4. The molecule has 23 heteroatoms. The van der Waals surface area contributed by atoms with E-state index in [1.807, 2.05) is 0 Å². The van der Waals surface area contributed by atoms with E-state index in [2.05, 4.69) is 28.3 Å². The predicted molar refractivity (Wildman–Crippen MR) is 133 cm³/mol. The molecule has 11 unspecified atom stereocenters. The van der Waals surface area contributed by atoms with Gasteiger partial charge in [0, 0.05) is 13.0 Å². The first-order chi connectivity index (χ1) is 19.5. The number of aliphatic hydroxyl groups excluding tert-OH is 6. The lowest BCUT2D eigenvalue weighted by Crippen LogP contribution is -2.61. The van der Waals surface area contributed by atoms with E-state index in [4.69, 9.17) is 20.3 Å². The van der Waals surface area contributed by atoms with Gasteiger partial charge in [-0.3, -0.25) is 13.6 Å². The molecule has 2 aromatic rings. The zero-order chi connectivity index (χ0) is 31.6. The molecule has 12 atom stereocenters. The molecule has 0 radical (unpaired) electrons. The van der Waals surface area contributed by atoms with Crippen LogP contribution in [0.5, 0.6) is 0 Å². The lowest BCUT2D eigenvalue weighted by molar-refractivity contribution is -0.292. The number of methoxy groups -OCH3 is 1. The molecule has 0 bridgehead atoms.